The molecule has 0 aromatic carbocycles. The molecule has 2 heteroatoms. The second kappa shape index (κ2) is 5.05. The predicted octanol–water partition coefficient (Wildman–Crippen LogP) is 4.39. The molecule has 0 N–H and O–H groups in total. The third-order valence-corrected chi connectivity index (χ3v) is 4.93. The Kier molecular flexibility index (Phi) is 4.41. The Labute approximate surface area is 103 Å². The Hall–Kier alpha value is -0.0831. The van der Waals surface area contributed by atoms with Crippen LogP contribution in [-0.4, -0.2) is 15.2 Å². The van der Waals surface area contributed by atoms with Gasteiger partial charge in [0.25, 0.3) is 0 Å². The number of hydrogen-bond acceptors (Lipinski definition) is 1. The van der Waals surface area contributed by atoms with Crippen molar-refractivity contribution in [2.24, 2.45) is 17.3 Å². The van der Waals surface area contributed by atoms with Gasteiger partial charge in [0.1, 0.15) is 5.92 Å². The summed E-state index contributed by atoms with van der Waals surface area (Å²) in [5.74, 6) is 1.37. The van der Waals surface area contributed by atoms with E-state index in [2.05, 4.69) is 46.5 Å². The molecule has 0 saturated heterocycles. The number of methoxy groups -OCH3 is 1. The first-order valence-electron chi connectivity index (χ1n) is 6.43. The fourth-order valence-electron chi connectivity index (χ4n) is 2.75. The zero-order valence-electron chi connectivity index (χ0n) is 11.8. The third-order valence-electron chi connectivity index (χ3n) is 3.47. The summed E-state index contributed by atoms with van der Waals surface area (Å²) in [5.41, 5.74) is 0.486. The van der Waals surface area contributed by atoms with Crippen LogP contribution in [0.5, 0.6) is 0 Å². The Bertz CT molecular complexity index is 217. The fourth-order valence-corrected chi connectivity index (χ4v) is 3.76. The smallest absolute Gasteiger partial charge is 0.199 e. The zero-order valence-corrected chi connectivity index (χ0v) is 12.8. The molecular weight excluding hydrogens is 212 g/mol. The maximum atomic E-state index is 5.25. The SMILES string of the molecule is CO[CH+]C1CC(C)(C)CC1[CH+]C[Si](C)(C)C. The van der Waals surface area contributed by atoms with Crippen LogP contribution in [0.3, 0.4) is 0 Å². The molecule has 0 radical (unpaired) electrons. The van der Waals surface area contributed by atoms with Crippen molar-refractivity contribution < 1.29 is 4.74 Å². The van der Waals surface area contributed by atoms with Gasteiger partial charge >= 0.3 is 0 Å². The molecule has 1 fully saturated rings. The highest BCUT2D eigenvalue weighted by Gasteiger charge is 2.49. The molecule has 0 bridgehead atoms. The van der Waals surface area contributed by atoms with E-state index < -0.39 is 8.07 Å². The highest BCUT2D eigenvalue weighted by atomic mass is 28.3. The molecule has 92 valence electrons. The van der Waals surface area contributed by atoms with Crippen LogP contribution in [0.1, 0.15) is 26.7 Å². The molecule has 0 aromatic heterocycles. The lowest BCUT2D eigenvalue weighted by molar-refractivity contribution is 0.209. The summed E-state index contributed by atoms with van der Waals surface area (Å²) in [4.78, 5) is 0. The van der Waals surface area contributed by atoms with Gasteiger partial charge in [-0.2, -0.15) is 4.74 Å². The molecule has 2 unspecified atom stereocenters. The molecule has 0 spiro atoms. The molecule has 1 aliphatic rings. The average molecular weight is 240 g/mol. The quantitative estimate of drug-likeness (QED) is 0.511. The molecule has 2 atom stereocenters. The van der Waals surface area contributed by atoms with Crippen LogP contribution in [0, 0.1) is 30.3 Å². The first kappa shape index (κ1) is 14.0. The minimum absolute atomic E-state index is 0.486. The molecule has 1 rings (SSSR count). The van der Waals surface area contributed by atoms with Crippen molar-refractivity contribution in [2.45, 2.75) is 52.4 Å². The van der Waals surface area contributed by atoms with Gasteiger partial charge in [-0.25, -0.2) is 0 Å². The van der Waals surface area contributed by atoms with Crippen molar-refractivity contribution in [1.29, 1.82) is 0 Å². The van der Waals surface area contributed by atoms with E-state index in [0.717, 1.165) is 5.92 Å². The lowest BCUT2D eigenvalue weighted by Gasteiger charge is -2.14. The Morgan fingerprint density at radius 3 is 2.25 bits per heavy atom. The first-order valence-corrected chi connectivity index (χ1v) is 10.1. The van der Waals surface area contributed by atoms with Gasteiger partial charge in [-0.3, -0.25) is 0 Å². The first-order chi connectivity index (χ1) is 7.23. The minimum atomic E-state index is -0.934. The summed E-state index contributed by atoms with van der Waals surface area (Å²) in [6, 6.07) is 1.34. The molecule has 1 nitrogen and oxygen atoms in total. The van der Waals surface area contributed by atoms with E-state index >= 15 is 0 Å². The van der Waals surface area contributed by atoms with Crippen LogP contribution in [0.4, 0.5) is 0 Å². The van der Waals surface area contributed by atoms with E-state index in [-0.39, 0.29) is 0 Å². The van der Waals surface area contributed by atoms with Crippen molar-refractivity contribution in [3.8, 4) is 0 Å². The third kappa shape index (κ3) is 4.42. The zero-order chi connectivity index (χ0) is 12.4. The lowest BCUT2D eigenvalue weighted by Crippen LogP contribution is -2.22. The van der Waals surface area contributed by atoms with Crippen LogP contribution in [0.2, 0.25) is 25.7 Å². The topological polar surface area (TPSA) is 9.23 Å². The van der Waals surface area contributed by atoms with E-state index in [1.807, 2.05) is 0 Å². The van der Waals surface area contributed by atoms with E-state index in [0.29, 0.717) is 11.3 Å². The highest BCUT2D eigenvalue weighted by Crippen LogP contribution is 2.48. The summed E-state index contributed by atoms with van der Waals surface area (Å²) >= 11 is 0. The van der Waals surface area contributed by atoms with Gasteiger partial charge in [0.15, 0.2) is 5.92 Å². The van der Waals surface area contributed by atoms with Gasteiger partial charge in [0.2, 0.25) is 6.61 Å². The Balaban J connectivity index is 2.50. The molecule has 16 heavy (non-hydrogen) atoms. The molecular formula is C14H28OSi+2. The summed E-state index contributed by atoms with van der Waals surface area (Å²) in [6.45, 7) is 14.1. The standard InChI is InChI=1S/C14H28OSi/c1-14(2)9-12(7-8-16(4,5)6)13(10-14)11-15-3/h7,11-13H,8-10H2,1-6H3/q+2. The number of ether oxygens (including phenoxy) is 1. The van der Waals surface area contributed by atoms with Gasteiger partial charge in [-0.1, -0.05) is 33.5 Å². The second-order valence-corrected chi connectivity index (χ2v) is 12.8. The number of hydrogen-bond donors (Lipinski definition) is 0. The average Bonchev–Trinajstić information content (AvgIpc) is 2.37. The van der Waals surface area contributed by atoms with Crippen LogP contribution in [0.25, 0.3) is 0 Å². The monoisotopic (exact) mass is 240 g/mol. The molecule has 1 saturated carbocycles. The van der Waals surface area contributed by atoms with E-state index in [9.17, 15) is 0 Å². The maximum Gasteiger partial charge on any atom is 0.234 e. The van der Waals surface area contributed by atoms with Crippen LogP contribution in [-0.2, 0) is 4.74 Å². The Morgan fingerprint density at radius 1 is 1.19 bits per heavy atom. The van der Waals surface area contributed by atoms with E-state index in [4.69, 9.17) is 4.74 Å². The normalized spacial score (nSPS) is 29.1. The highest BCUT2D eigenvalue weighted by molar-refractivity contribution is 6.76. The summed E-state index contributed by atoms with van der Waals surface area (Å²) in [6.07, 6.45) is 5.18. The minimum Gasteiger partial charge on any atom is -0.199 e. The molecule has 0 heterocycles. The summed E-state index contributed by atoms with van der Waals surface area (Å²) in [7, 11) is 0.845. The van der Waals surface area contributed by atoms with Gasteiger partial charge < -0.3 is 0 Å². The van der Waals surface area contributed by atoms with Gasteiger partial charge in [0.05, 0.1) is 27.6 Å². The molecule has 0 aromatic rings. The Morgan fingerprint density at radius 2 is 1.75 bits per heavy atom. The number of rotatable bonds is 5. The van der Waals surface area contributed by atoms with E-state index in [1.165, 1.54) is 18.9 Å². The van der Waals surface area contributed by atoms with Crippen molar-refractivity contribution in [3.05, 3.63) is 13.0 Å². The van der Waals surface area contributed by atoms with Crippen LogP contribution >= 0.6 is 0 Å². The van der Waals surface area contributed by atoms with Gasteiger partial charge in [0, 0.05) is 12.8 Å². The van der Waals surface area contributed by atoms with Crippen molar-refractivity contribution in [1.82, 2.24) is 0 Å². The molecule has 0 amide bonds. The van der Waals surface area contributed by atoms with E-state index in [1.54, 1.807) is 7.11 Å². The van der Waals surface area contributed by atoms with Crippen molar-refractivity contribution in [2.75, 3.05) is 7.11 Å². The predicted molar refractivity (Wildman–Crippen MR) is 73.8 cm³/mol. The van der Waals surface area contributed by atoms with Crippen LogP contribution < -0.4 is 0 Å². The second-order valence-electron chi connectivity index (χ2n) is 7.27. The van der Waals surface area contributed by atoms with Crippen molar-refractivity contribution >= 4 is 8.07 Å². The molecule has 1 aliphatic carbocycles. The summed E-state index contributed by atoms with van der Waals surface area (Å²) in [5, 5.41) is 0. The van der Waals surface area contributed by atoms with Gasteiger partial charge in [-0.05, 0) is 5.41 Å². The molecule has 0 aliphatic heterocycles. The summed E-state index contributed by atoms with van der Waals surface area (Å²) < 4.78 is 5.25. The fraction of sp³-hybridized carbons (Fsp3) is 0.857. The van der Waals surface area contributed by atoms with Crippen LogP contribution in [0.15, 0.2) is 0 Å². The maximum absolute atomic E-state index is 5.25. The van der Waals surface area contributed by atoms with Gasteiger partial charge in [-0.15, -0.1) is 0 Å². The van der Waals surface area contributed by atoms with Crippen molar-refractivity contribution in [3.63, 3.8) is 0 Å². The lowest BCUT2D eigenvalue weighted by atomic mass is 9.90. The largest absolute Gasteiger partial charge is 0.234 e.